The molecule has 5 aromatic rings. The standard InChI is InChI=1S/C26H26N2O5S2.C24H23N3O3S.C22H28N2O6S3/c1-26(2)18-6-4-5-7-19(18)27(14-16-8-10-17(11-9-16)24(32)33-3)21(26)13-12-20-23(31)28(15-22(29)30)25(34)35-20;1-24(2)17-6-4-5-7-19(17)27(14-15-8-10-16(11-9-15)22(29)30-3)20(24)13-12-18-21(28)26-23(31)25-18;1-22(2)15-7-3-4-8-16(15)23(12-5-6-14-33(28,29)30)18(22)10-9-17-20(27)24(21(31)32-17)13-11-19(25)26/h4-11,13,20H,12,14-15H2,1-3H3,(H,29,30);4-13H,14H2,1-3H3,(H2,25,26,28,31);3-4,7-8,10,17H,5-6,9,11-14H2,1-2H3,(H,25,26)(H,28,29,30)/b21-13+;18-12-,20-13+;18-10+. The Bertz CT molecular complexity index is 4300. The van der Waals surface area contributed by atoms with Crippen LogP contribution in [0.15, 0.2) is 168 Å². The van der Waals surface area contributed by atoms with Gasteiger partial charge in [-0.1, -0.05) is 181 Å². The highest BCUT2D eigenvalue weighted by Gasteiger charge is 2.45. The van der Waals surface area contributed by atoms with E-state index >= 15 is 0 Å². The maximum Gasteiger partial charge on any atom is 0.337 e. The molecule has 2 atom stereocenters. The Morgan fingerprint density at radius 1 is 0.545 bits per heavy atom. The van der Waals surface area contributed by atoms with Crippen LogP contribution in [0.1, 0.15) is 122 Å². The normalized spacial score (nSPS) is 20.2. The van der Waals surface area contributed by atoms with E-state index in [0.29, 0.717) is 75.9 Å². The fourth-order valence-corrected chi connectivity index (χ4v) is 16.6. The second-order valence-corrected chi connectivity index (χ2v) is 31.2. The number of para-hydroxylation sites is 3. The van der Waals surface area contributed by atoms with Crippen molar-refractivity contribution in [1.29, 1.82) is 0 Å². The molecule has 3 amide bonds. The molecule has 27 heteroatoms. The molecular formula is C72H77N7O14S6. The van der Waals surface area contributed by atoms with Crippen LogP contribution in [0, 0.1) is 0 Å². The van der Waals surface area contributed by atoms with Gasteiger partial charge in [-0.15, -0.1) is 0 Å². The van der Waals surface area contributed by atoms with Crippen LogP contribution in [0.3, 0.4) is 0 Å². The van der Waals surface area contributed by atoms with Gasteiger partial charge in [0.15, 0.2) is 5.11 Å². The van der Waals surface area contributed by atoms with Crippen LogP contribution in [0.5, 0.6) is 0 Å². The highest BCUT2D eigenvalue weighted by molar-refractivity contribution is 8.24. The first kappa shape index (κ1) is 74.6. The average Bonchev–Trinajstić information content (AvgIpc) is 1.61. The third-order valence-corrected chi connectivity index (χ3v) is 22.1. The first-order chi connectivity index (χ1) is 46.8. The number of carboxylic acid groups (broad SMARTS) is 2. The maximum absolute atomic E-state index is 12.8. The number of unbranched alkanes of at least 4 members (excludes halogenated alkanes) is 1. The fourth-order valence-electron chi connectivity index (χ4n) is 12.9. The van der Waals surface area contributed by atoms with Gasteiger partial charge in [0.25, 0.3) is 16.0 Å². The van der Waals surface area contributed by atoms with E-state index in [4.69, 9.17) is 60.9 Å². The van der Waals surface area contributed by atoms with Gasteiger partial charge >= 0.3 is 23.9 Å². The molecule has 0 spiro atoms. The largest absolute Gasteiger partial charge is 0.481 e. The number of carboxylic acids is 2. The van der Waals surface area contributed by atoms with E-state index in [0.717, 1.165) is 50.8 Å². The lowest BCUT2D eigenvalue weighted by Crippen LogP contribution is -2.35. The number of hydrogen-bond donors (Lipinski definition) is 5. The quantitative estimate of drug-likeness (QED) is 0.0150. The predicted molar refractivity (Wildman–Crippen MR) is 396 cm³/mol. The minimum absolute atomic E-state index is 0.0733. The van der Waals surface area contributed by atoms with Gasteiger partial charge in [-0.05, 0) is 120 Å². The Kier molecular flexibility index (Phi) is 23.6. The van der Waals surface area contributed by atoms with Crippen molar-refractivity contribution in [2.24, 2.45) is 0 Å². The van der Waals surface area contributed by atoms with E-state index in [-0.39, 0.29) is 64.6 Å². The monoisotopic (exact) mass is 1460 g/mol. The second kappa shape index (κ2) is 31.3. The Hall–Kier alpha value is -8.57. The van der Waals surface area contributed by atoms with Gasteiger partial charge in [0.05, 0.1) is 48.0 Å². The van der Waals surface area contributed by atoms with Crippen LogP contribution in [0.25, 0.3) is 0 Å². The van der Waals surface area contributed by atoms with E-state index in [1.165, 1.54) is 58.7 Å². The van der Waals surface area contributed by atoms with Crippen molar-refractivity contribution >= 4 is 143 Å². The van der Waals surface area contributed by atoms with Crippen molar-refractivity contribution in [2.45, 2.75) is 113 Å². The van der Waals surface area contributed by atoms with Crippen LogP contribution in [0.4, 0.5) is 17.1 Å². The number of amides is 3. The molecule has 520 valence electrons. The number of fused-ring (bicyclic) bond motifs is 3. The van der Waals surface area contributed by atoms with Crippen molar-refractivity contribution < 1.29 is 66.2 Å². The van der Waals surface area contributed by atoms with Crippen LogP contribution >= 0.6 is 60.2 Å². The summed E-state index contributed by atoms with van der Waals surface area (Å²) < 4.78 is 41.4. The van der Waals surface area contributed by atoms with Crippen molar-refractivity contribution in [2.75, 3.05) is 54.3 Å². The number of esters is 2. The summed E-state index contributed by atoms with van der Waals surface area (Å²) in [4.78, 5) is 92.3. The number of carbonyl (C=O) groups excluding carboxylic acids is 5. The van der Waals surface area contributed by atoms with Gasteiger partial charge in [0.1, 0.15) is 20.9 Å². The highest BCUT2D eigenvalue weighted by atomic mass is 32.2. The molecule has 6 aliphatic heterocycles. The van der Waals surface area contributed by atoms with Gasteiger partial charge in [0, 0.05) is 76.6 Å². The molecule has 21 nitrogen and oxygen atoms in total. The minimum atomic E-state index is -3.99. The SMILES string of the molecule is CC1(C)/C(=C\CC2SC(=S)N(CCC(=O)O)C2=O)N(CCCCS(=O)(=O)O)c2ccccc21.COC(=O)c1ccc(CN2/C(=C/C=C3\NC(=S)NC3=O)C(C)(C)c3ccccc32)cc1.COC(=O)c1ccc(CN2/C(=C/CC3SC(=S)N(CC(=O)O)C3=O)C(C)(C)c3ccccc32)cc1. The van der Waals surface area contributed by atoms with E-state index < -0.39 is 39.1 Å². The van der Waals surface area contributed by atoms with Crippen molar-refractivity contribution in [1.82, 2.24) is 20.4 Å². The number of aliphatic carboxylic acids is 2. The lowest BCUT2D eigenvalue weighted by atomic mass is 9.83. The Morgan fingerprint density at radius 3 is 1.40 bits per heavy atom. The number of thiocarbonyl (C=S) groups is 3. The van der Waals surface area contributed by atoms with E-state index in [9.17, 15) is 42.0 Å². The molecule has 6 heterocycles. The molecule has 0 radical (unpaired) electrons. The smallest absolute Gasteiger partial charge is 0.337 e. The number of carbonyl (C=O) groups is 7. The fraction of sp³-hybridized carbons (Fsp3) is 0.333. The zero-order valence-corrected chi connectivity index (χ0v) is 60.7. The number of anilines is 3. The minimum Gasteiger partial charge on any atom is -0.481 e. The highest BCUT2D eigenvalue weighted by Crippen LogP contribution is 2.51. The molecule has 11 rings (SSSR count). The number of rotatable bonds is 21. The first-order valence-electron chi connectivity index (χ1n) is 31.7. The molecule has 0 aromatic heterocycles. The molecular weight excluding hydrogens is 1380 g/mol. The molecule has 99 heavy (non-hydrogen) atoms. The molecule has 3 fully saturated rings. The molecule has 0 aliphatic carbocycles. The lowest BCUT2D eigenvalue weighted by molar-refractivity contribution is -0.141. The predicted octanol–water partition coefficient (Wildman–Crippen LogP) is 11.3. The molecule has 0 bridgehead atoms. The van der Waals surface area contributed by atoms with Crippen molar-refractivity contribution in [3.8, 4) is 0 Å². The molecule has 2 unspecified atom stereocenters. The summed E-state index contributed by atoms with van der Waals surface area (Å²) >= 11 is 18.1. The van der Waals surface area contributed by atoms with Crippen LogP contribution in [-0.4, -0.2) is 138 Å². The second-order valence-electron chi connectivity index (χ2n) is 25.5. The number of thioether (sulfide) groups is 2. The van der Waals surface area contributed by atoms with Gasteiger partial charge in [-0.2, -0.15) is 8.42 Å². The zero-order valence-electron chi connectivity index (χ0n) is 55.8. The number of ether oxygens (including phenoxy) is 2. The molecule has 5 aromatic carbocycles. The summed E-state index contributed by atoms with van der Waals surface area (Å²) in [6.07, 6.45) is 9.50. The topological polar surface area (TPSA) is 273 Å². The summed E-state index contributed by atoms with van der Waals surface area (Å²) in [5.41, 5.74) is 12.6. The number of nitrogens with zero attached hydrogens (tertiary/aromatic N) is 5. The van der Waals surface area contributed by atoms with E-state index in [1.54, 1.807) is 30.3 Å². The number of benzene rings is 5. The third-order valence-electron chi connectivity index (χ3n) is 17.9. The molecule has 3 saturated heterocycles. The van der Waals surface area contributed by atoms with Crippen LogP contribution in [0.2, 0.25) is 0 Å². The Labute approximate surface area is 600 Å². The van der Waals surface area contributed by atoms with Gasteiger partial charge in [-0.25, -0.2) is 9.59 Å². The van der Waals surface area contributed by atoms with Crippen molar-refractivity contribution in [3.05, 3.63) is 207 Å². The Balaban J connectivity index is 0.000000174. The summed E-state index contributed by atoms with van der Waals surface area (Å²) in [5, 5.41) is 22.9. The summed E-state index contributed by atoms with van der Waals surface area (Å²) in [7, 11) is -1.26. The van der Waals surface area contributed by atoms with E-state index in [1.807, 2.05) is 78.9 Å². The van der Waals surface area contributed by atoms with Crippen LogP contribution in [-0.2, 0) is 72.9 Å². The van der Waals surface area contributed by atoms with Crippen LogP contribution < -0.4 is 25.3 Å². The lowest BCUT2D eigenvalue weighted by Gasteiger charge is -2.28. The average molecular weight is 1460 g/mol. The zero-order chi connectivity index (χ0) is 71.9. The number of nitrogens with one attached hydrogen (secondary N) is 2. The third kappa shape index (κ3) is 17.0. The first-order valence-corrected chi connectivity index (χ1v) is 36.3. The Morgan fingerprint density at radius 2 is 0.970 bits per heavy atom. The molecule has 6 aliphatic rings. The van der Waals surface area contributed by atoms with Gasteiger partial charge in [0.2, 0.25) is 11.8 Å². The van der Waals surface area contributed by atoms with Gasteiger partial charge in [-0.3, -0.25) is 43.6 Å². The number of methoxy groups -OCH3 is 2. The van der Waals surface area contributed by atoms with Crippen molar-refractivity contribution in [3.63, 3.8) is 0 Å². The van der Waals surface area contributed by atoms with E-state index in [2.05, 4.69) is 103 Å². The summed E-state index contributed by atoms with van der Waals surface area (Å²) in [5.74, 6) is -3.74. The number of allylic oxidation sites excluding steroid dienone is 7. The molecule has 0 saturated carbocycles. The molecule has 5 N–H and O–H groups in total. The maximum atomic E-state index is 12.8. The summed E-state index contributed by atoms with van der Waals surface area (Å²) in [6, 6.07) is 39.3. The van der Waals surface area contributed by atoms with Gasteiger partial charge < -0.3 is 39.7 Å². The summed E-state index contributed by atoms with van der Waals surface area (Å²) in [6.45, 7) is 14.3. The number of hydrogen-bond acceptors (Lipinski definition) is 19.